The number of hydrogen-bond acceptors (Lipinski definition) is 4. The number of thiophene rings is 1. The molecule has 1 aliphatic heterocycles. The molecule has 1 unspecified atom stereocenters. The maximum Gasteiger partial charge on any atom is 0.265 e. The van der Waals surface area contributed by atoms with Gasteiger partial charge in [-0.2, -0.15) is 0 Å². The zero-order valence-electron chi connectivity index (χ0n) is 14.1. The van der Waals surface area contributed by atoms with Crippen molar-refractivity contribution in [3.05, 3.63) is 51.2 Å². The minimum absolute atomic E-state index is 0. The van der Waals surface area contributed by atoms with Crippen molar-refractivity contribution in [1.82, 2.24) is 10.6 Å². The molecule has 1 aromatic carbocycles. The first kappa shape index (κ1) is 20.7. The lowest BCUT2D eigenvalue weighted by Gasteiger charge is -2.11. The van der Waals surface area contributed by atoms with Crippen molar-refractivity contribution in [3.63, 3.8) is 0 Å². The van der Waals surface area contributed by atoms with Crippen molar-refractivity contribution in [3.8, 4) is 0 Å². The fraction of sp³-hybridized carbons (Fsp3) is 0.333. The van der Waals surface area contributed by atoms with Crippen LogP contribution in [0.5, 0.6) is 0 Å². The Morgan fingerprint density at radius 3 is 2.81 bits per heavy atom. The van der Waals surface area contributed by atoms with Gasteiger partial charge in [0.2, 0.25) is 0 Å². The van der Waals surface area contributed by atoms with E-state index in [0.29, 0.717) is 33.6 Å². The topological polar surface area (TPSA) is 70.2 Å². The van der Waals surface area contributed by atoms with Crippen LogP contribution in [0.3, 0.4) is 0 Å². The Morgan fingerprint density at radius 1 is 1.27 bits per heavy atom. The van der Waals surface area contributed by atoms with E-state index in [9.17, 15) is 9.59 Å². The highest BCUT2D eigenvalue weighted by Crippen LogP contribution is 2.24. The first-order chi connectivity index (χ1) is 12.1. The number of rotatable bonds is 6. The molecule has 3 rings (SSSR count). The molecule has 0 radical (unpaired) electrons. The van der Waals surface area contributed by atoms with E-state index in [1.165, 1.54) is 11.3 Å². The summed E-state index contributed by atoms with van der Waals surface area (Å²) in [6.45, 7) is 2.73. The maximum absolute atomic E-state index is 12.3. The number of amides is 2. The van der Waals surface area contributed by atoms with E-state index in [0.717, 1.165) is 25.9 Å². The van der Waals surface area contributed by atoms with Gasteiger partial charge in [-0.05, 0) is 61.5 Å². The Balaban J connectivity index is 0.00000243. The quantitative estimate of drug-likeness (QED) is 0.674. The Kier molecular flexibility index (Phi) is 7.90. The maximum atomic E-state index is 12.3. The lowest BCUT2D eigenvalue weighted by atomic mass is 10.1. The number of carbonyl (C=O) groups is 2. The van der Waals surface area contributed by atoms with Crippen LogP contribution in [0.25, 0.3) is 0 Å². The summed E-state index contributed by atoms with van der Waals surface area (Å²) < 4.78 is 0. The van der Waals surface area contributed by atoms with Crippen LogP contribution in [0.15, 0.2) is 35.7 Å². The summed E-state index contributed by atoms with van der Waals surface area (Å²) in [7, 11) is 0. The molecule has 2 amide bonds. The smallest absolute Gasteiger partial charge is 0.265 e. The molecule has 5 nitrogen and oxygen atoms in total. The van der Waals surface area contributed by atoms with Crippen LogP contribution in [0.1, 0.15) is 32.9 Å². The molecule has 140 valence electrons. The molecule has 0 bridgehead atoms. The number of hydrogen-bond donors (Lipinski definition) is 3. The predicted molar refractivity (Wildman–Crippen MR) is 109 cm³/mol. The molecule has 3 N–H and O–H groups in total. The molecule has 0 saturated carbocycles. The van der Waals surface area contributed by atoms with Crippen LogP contribution in [-0.4, -0.2) is 31.4 Å². The number of anilines is 1. The van der Waals surface area contributed by atoms with E-state index in [-0.39, 0.29) is 24.2 Å². The van der Waals surface area contributed by atoms with Crippen LogP contribution < -0.4 is 16.0 Å². The summed E-state index contributed by atoms with van der Waals surface area (Å²) in [6, 6.07) is 8.45. The zero-order valence-corrected chi connectivity index (χ0v) is 16.5. The SMILES string of the molecule is Cl.O=C(NCCC1CCNC1)c1ccc(Cl)c(NC(=O)c2cccs2)c1. The van der Waals surface area contributed by atoms with Crippen LogP contribution >= 0.6 is 35.3 Å². The summed E-state index contributed by atoms with van der Waals surface area (Å²) in [5, 5.41) is 11.2. The van der Waals surface area contributed by atoms with E-state index < -0.39 is 0 Å². The fourth-order valence-corrected chi connectivity index (χ4v) is 3.59. The highest BCUT2D eigenvalue weighted by molar-refractivity contribution is 7.12. The average Bonchev–Trinajstić information content (AvgIpc) is 3.30. The van der Waals surface area contributed by atoms with Crippen molar-refractivity contribution in [1.29, 1.82) is 0 Å². The number of benzene rings is 1. The van der Waals surface area contributed by atoms with Gasteiger partial charge in [0.05, 0.1) is 15.6 Å². The van der Waals surface area contributed by atoms with Gasteiger partial charge in [-0.15, -0.1) is 23.7 Å². The molecule has 1 atom stereocenters. The van der Waals surface area contributed by atoms with Crippen LogP contribution in [0.2, 0.25) is 5.02 Å². The summed E-state index contributed by atoms with van der Waals surface area (Å²) >= 11 is 7.50. The van der Waals surface area contributed by atoms with Gasteiger partial charge < -0.3 is 16.0 Å². The first-order valence-electron chi connectivity index (χ1n) is 8.27. The van der Waals surface area contributed by atoms with E-state index in [4.69, 9.17) is 11.6 Å². The third kappa shape index (κ3) is 5.45. The molecule has 2 aromatic rings. The molecule has 2 heterocycles. The van der Waals surface area contributed by atoms with Crippen LogP contribution in [0.4, 0.5) is 5.69 Å². The second kappa shape index (κ2) is 9.92. The third-order valence-electron chi connectivity index (χ3n) is 4.22. The summed E-state index contributed by atoms with van der Waals surface area (Å²) in [4.78, 5) is 25.1. The first-order valence-corrected chi connectivity index (χ1v) is 9.52. The molecule has 1 aromatic heterocycles. The number of halogens is 2. The summed E-state index contributed by atoms with van der Waals surface area (Å²) in [5.41, 5.74) is 0.920. The Labute approximate surface area is 167 Å². The van der Waals surface area contributed by atoms with Gasteiger partial charge in [-0.3, -0.25) is 9.59 Å². The normalized spacial score (nSPS) is 16.0. The highest BCUT2D eigenvalue weighted by Gasteiger charge is 2.15. The van der Waals surface area contributed by atoms with Crippen molar-refractivity contribution in [2.24, 2.45) is 5.92 Å². The second-order valence-corrected chi connectivity index (χ2v) is 7.38. The molecule has 0 aliphatic carbocycles. The van der Waals surface area contributed by atoms with Crippen molar-refractivity contribution >= 4 is 52.8 Å². The van der Waals surface area contributed by atoms with Crippen molar-refractivity contribution < 1.29 is 9.59 Å². The van der Waals surface area contributed by atoms with Gasteiger partial charge in [0.15, 0.2) is 0 Å². The molecule has 1 fully saturated rings. The summed E-state index contributed by atoms with van der Waals surface area (Å²) in [5.74, 6) is 0.239. The molecule has 1 saturated heterocycles. The van der Waals surface area contributed by atoms with Gasteiger partial charge in [-0.25, -0.2) is 0 Å². The van der Waals surface area contributed by atoms with E-state index in [2.05, 4.69) is 16.0 Å². The minimum Gasteiger partial charge on any atom is -0.352 e. The number of nitrogens with one attached hydrogen (secondary N) is 3. The Hall–Kier alpha value is -1.60. The van der Waals surface area contributed by atoms with Crippen LogP contribution in [0, 0.1) is 5.92 Å². The average molecular weight is 414 g/mol. The lowest BCUT2D eigenvalue weighted by Crippen LogP contribution is -2.26. The standard InChI is InChI=1S/C18H20ClN3O2S.ClH/c19-14-4-3-13(17(23)21-8-6-12-5-7-20-11-12)10-15(14)22-18(24)16-2-1-9-25-16;/h1-4,9-10,12,20H,5-8,11H2,(H,21,23)(H,22,24);1H. The monoisotopic (exact) mass is 413 g/mol. The van der Waals surface area contributed by atoms with Gasteiger partial charge in [0, 0.05) is 12.1 Å². The van der Waals surface area contributed by atoms with Gasteiger partial charge in [0.1, 0.15) is 0 Å². The molecule has 26 heavy (non-hydrogen) atoms. The van der Waals surface area contributed by atoms with Gasteiger partial charge >= 0.3 is 0 Å². The fourth-order valence-electron chi connectivity index (χ4n) is 2.81. The zero-order chi connectivity index (χ0) is 17.6. The molecule has 0 spiro atoms. The van der Waals surface area contributed by atoms with Crippen molar-refractivity contribution in [2.45, 2.75) is 12.8 Å². The summed E-state index contributed by atoms with van der Waals surface area (Å²) in [6.07, 6.45) is 2.13. The highest BCUT2D eigenvalue weighted by atomic mass is 35.5. The second-order valence-electron chi connectivity index (χ2n) is 6.03. The van der Waals surface area contributed by atoms with Crippen molar-refractivity contribution in [2.75, 3.05) is 25.0 Å². The molecule has 8 heteroatoms. The van der Waals surface area contributed by atoms with E-state index >= 15 is 0 Å². The predicted octanol–water partition coefficient (Wildman–Crippen LogP) is 3.81. The van der Waals surface area contributed by atoms with E-state index in [1.807, 2.05) is 11.4 Å². The molecule has 1 aliphatic rings. The lowest BCUT2D eigenvalue weighted by molar-refractivity contribution is 0.0950. The molecular weight excluding hydrogens is 393 g/mol. The van der Waals surface area contributed by atoms with Crippen LogP contribution in [-0.2, 0) is 0 Å². The third-order valence-corrected chi connectivity index (χ3v) is 5.42. The minimum atomic E-state index is -0.233. The van der Waals surface area contributed by atoms with E-state index in [1.54, 1.807) is 24.3 Å². The Bertz CT molecular complexity index is 747. The van der Waals surface area contributed by atoms with Gasteiger partial charge in [0.25, 0.3) is 11.8 Å². The van der Waals surface area contributed by atoms with Gasteiger partial charge in [-0.1, -0.05) is 17.7 Å². The Morgan fingerprint density at radius 2 is 2.12 bits per heavy atom. The molecular formula is C18H21Cl2N3O2S. The largest absolute Gasteiger partial charge is 0.352 e. The number of carbonyl (C=O) groups excluding carboxylic acids is 2.